The van der Waals surface area contributed by atoms with Crippen LogP contribution >= 0.6 is 0 Å². The molecule has 0 rings (SSSR count). The summed E-state index contributed by atoms with van der Waals surface area (Å²) in [5, 5.41) is 0. The van der Waals surface area contributed by atoms with Crippen LogP contribution in [-0.4, -0.2) is 37.9 Å². The lowest BCUT2D eigenvalue weighted by atomic mass is 10.1. The van der Waals surface area contributed by atoms with Gasteiger partial charge >= 0.3 is 11.9 Å². The third kappa shape index (κ3) is 58.9. The van der Waals surface area contributed by atoms with E-state index in [9.17, 15) is 9.59 Å². The Hall–Kier alpha value is -3.70. The third-order valence-electron chi connectivity index (χ3n) is 12.5. The van der Waals surface area contributed by atoms with Gasteiger partial charge in [-0.15, -0.1) is 0 Å². The molecule has 0 bridgehead atoms. The number of carbonyl (C=O) groups excluding carboxylic acids is 2. The Morgan fingerprint density at radius 1 is 0.319 bits per heavy atom. The molecule has 1 unspecified atom stereocenters. The molecule has 0 aromatic carbocycles. The van der Waals surface area contributed by atoms with Crippen molar-refractivity contribution in [3.05, 3.63) is 122 Å². The lowest BCUT2D eigenvalue weighted by molar-refractivity contribution is -0.162. The van der Waals surface area contributed by atoms with Crippen LogP contribution < -0.4 is 0 Å². The summed E-state index contributed by atoms with van der Waals surface area (Å²) < 4.78 is 17.4. The van der Waals surface area contributed by atoms with Crippen molar-refractivity contribution in [1.82, 2.24) is 0 Å². The quantitative estimate of drug-likeness (QED) is 0.0345. The second-order valence-electron chi connectivity index (χ2n) is 19.5. The molecular weight excluding hydrogens is 885 g/mol. The second kappa shape index (κ2) is 61.6. The molecule has 5 nitrogen and oxygen atoms in total. The first kappa shape index (κ1) is 68.3. The molecule has 0 aromatic heterocycles. The topological polar surface area (TPSA) is 61.8 Å². The molecule has 0 aliphatic rings. The fraction of sp³-hybridized carbons (Fsp3) is 0.672. The molecule has 410 valence electrons. The van der Waals surface area contributed by atoms with Gasteiger partial charge in [0.1, 0.15) is 6.61 Å². The van der Waals surface area contributed by atoms with E-state index < -0.39 is 6.10 Å². The molecule has 0 aliphatic carbocycles. The van der Waals surface area contributed by atoms with Crippen molar-refractivity contribution >= 4 is 11.9 Å². The first-order valence-corrected chi connectivity index (χ1v) is 30.1. The Kier molecular flexibility index (Phi) is 58.4. The highest BCUT2D eigenvalue weighted by Gasteiger charge is 2.17. The number of carbonyl (C=O) groups is 2. The summed E-state index contributed by atoms with van der Waals surface area (Å²) >= 11 is 0. The molecular formula is C67H112O5. The molecule has 0 saturated heterocycles. The van der Waals surface area contributed by atoms with Crippen molar-refractivity contribution < 1.29 is 23.8 Å². The maximum atomic E-state index is 12.9. The first-order valence-electron chi connectivity index (χ1n) is 30.1. The summed E-state index contributed by atoms with van der Waals surface area (Å²) in [6, 6.07) is 0. The molecule has 0 radical (unpaired) electrons. The summed E-state index contributed by atoms with van der Waals surface area (Å²) in [5.41, 5.74) is 0. The van der Waals surface area contributed by atoms with E-state index in [1.807, 2.05) is 0 Å². The molecule has 72 heavy (non-hydrogen) atoms. The van der Waals surface area contributed by atoms with Crippen LogP contribution in [-0.2, 0) is 23.8 Å². The van der Waals surface area contributed by atoms with Crippen LogP contribution in [0, 0.1) is 0 Å². The van der Waals surface area contributed by atoms with E-state index >= 15 is 0 Å². The fourth-order valence-electron chi connectivity index (χ4n) is 8.06. The predicted molar refractivity (Wildman–Crippen MR) is 316 cm³/mol. The van der Waals surface area contributed by atoms with Crippen molar-refractivity contribution in [2.24, 2.45) is 0 Å². The molecule has 0 saturated carbocycles. The highest BCUT2D eigenvalue weighted by molar-refractivity contribution is 5.70. The summed E-state index contributed by atoms with van der Waals surface area (Å²) in [6.45, 7) is 7.53. The van der Waals surface area contributed by atoms with Gasteiger partial charge < -0.3 is 14.2 Å². The van der Waals surface area contributed by atoms with Crippen molar-refractivity contribution in [3.63, 3.8) is 0 Å². The maximum absolute atomic E-state index is 12.9. The normalized spacial score (nSPS) is 13.1. The van der Waals surface area contributed by atoms with Crippen LogP contribution in [0.4, 0.5) is 0 Å². The van der Waals surface area contributed by atoms with Crippen LogP contribution in [0.5, 0.6) is 0 Å². The van der Waals surface area contributed by atoms with Gasteiger partial charge in [-0.1, -0.05) is 251 Å². The second-order valence-corrected chi connectivity index (χ2v) is 19.5. The minimum Gasteiger partial charge on any atom is -0.462 e. The van der Waals surface area contributed by atoms with E-state index in [2.05, 4.69) is 142 Å². The van der Waals surface area contributed by atoms with E-state index in [1.165, 1.54) is 122 Å². The van der Waals surface area contributed by atoms with E-state index in [1.54, 1.807) is 0 Å². The van der Waals surface area contributed by atoms with Gasteiger partial charge in [-0.25, -0.2) is 0 Å². The monoisotopic (exact) mass is 997 g/mol. The van der Waals surface area contributed by atoms with Crippen molar-refractivity contribution in [2.75, 3.05) is 19.8 Å². The Labute approximate surface area is 446 Å². The lowest BCUT2D eigenvalue weighted by Crippen LogP contribution is -2.30. The van der Waals surface area contributed by atoms with Crippen LogP contribution in [0.2, 0.25) is 0 Å². The Balaban J connectivity index is 4.39. The van der Waals surface area contributed by atoms with Gasteiger partial charge in [0.2, 0.25) is 0 Å². The van der Waals surface area contributed by atoms with E-state index in [0.717, 1.165) is 109 Å². The smallest absolute Gasteiger partial charge is 0.306 e. The fourth-order valence-corrected chi connectivity index (χ4v) is 8.06. The average Bonchev–Trinajstić information content (AvgIpc) is 3.38. The Morgan fingerprint density at radius 3 is 1.06 bits per heavy atom. The van der Waals surface area contributed by atoms with Crippen molar-refractivity contribution in [3.8, 4) is 0 Å². The van der Waals surface area contributed by atoms with Gasteiger partial charge in [0.15, 0.2) is 6.10 Å². The number of hydrogen-bond acceptors (Lipinski definition) is 5. The van der Waals surface area contributed by atoms with Gasteiger partial charge in [0.25, 0.3) is 0 Å². The molecule has 0 amide bonds. The number of ether oxygens (including phenoxy) is 3. The summed E-state index contributed by atoms with van der Waals surface area (Å²) in [6.07, 6.45) is 86.6. The van der Waals surface area contributed by atoms with Crippen molar-refractivity contribution in [2.45, 2.75) is 271 Å². The minimum absolute atomic E-state index is 0.0482. The van der Waals surface area contributed by atoms with Crippen molar-refractivity contribution in [1.29, 1.82) is 0 Å². The maximum Gasteiger partial charge on any atom is 0.306 e. The highest BCUT2D eigenvalue weighted by Crippen LogP contribution is 2.14. The molecule has 0 heterocycles. The molecule has 5 heteroatoms. The Bertz CT molecular complexity index is 1450. The zero-order valence-corrected chi connectivity index (χ0v) is 47.2. The average molecular weight is 998 g/mol. The number of hydrogen-bond donors (Lipinski definition) is 0. The zero-order valence-electron chi connectivity index (χ0n) is 47.2. The van der Waals surface area contributed by atoms with Gasteiger partial charge in [-0.2, -0.15) is 0 Å². The third-order valence-corrected chi connectivity index (χ3v) is 12.5. The van der Waals surface area contributed by atoms with Crippen LogP contribution in [0.1, 0.15) is 265 Å². The standard InChI is InChI=1S/C67H112O5/c1-4-7-10-13-16-19-22-25-28-31-33-35-38-41-44-47-50-53-56-59-62-70-63-65(72-67(69)61-58-55-52-49-46-43-40-36-30-27-24-21-18-15-12-9-6-3)64-71-66(68)60-57-54-51-48-45-42-39-37-34-32-29-26-23-20-17-14-11-8-5-2/h8-9,11-12,17-18,20-21,25-30,34,37,40,43,49,52,65H,4-7,10,13-16,19,22-24,31-33,35-36,38-39,41-42,44-48,50-51,53-64H2,1-3H3/b11-8-,12-9-,20-17-,21-18-,28-25-,29-26-,30-27-,37-34-,43-40-,52-49-. The number of unbranched alkanes of at least 4 members (excludes halogenated alkanes) is 23. The summed E-state index contributed by atoms with van der Waals surface area (Å²) in [7, 11) is 0. The SMILES string of the molecule is CC/C=C\C/C=C\C/C=C\C/C=C\C/C=C\CCCC(=O)OC(COCCCCCCCCCCCC/C=C\CCCCCCCC)COC(=O)CCCCCCCC/C=C\C/C=C\C/C=C\C/C=C\CC. The van der Waals surface area contributed by atoms with Gasteiger partial charge in [-0.3, -0.25) is 9.59 Å². The lowest BCUT2D eigenvalue weighted by Gasteiger charge is -2.18. The van der Waals surface area contributed by atoms with Gasteiger partial charge in [0.05, 0.1) is 6.61 Å². The van der Waals surface area contributed by atoms with E-state index in [0.29, 0.717) is 19.4 Å². The molecule has 0 aromatic rings. The number of allylic oxidation sites excluding steroid dienone is 20. The largest absolute Gasteiger partial charge is 0.462 e. The molecule has 0 fully saturated rings. The molecule has 0 N–H and O–H groups in total. The molecule has 0 aliphatic heterocycles. The first-order chi connectivity index (χ1) is 35.6. The highest BCUT2D eigenvalue weighted by atomic mass is 16.6. The van der Waals surface area contributed by atoms with Crippen LogP contribution in [0.3, 0.4) is 0 Å². The molecule has 0 spiro atoms. The Morgan fingerprint density at radius 2 is 0.639 bits per heavy atom. The summed E-state index contributed by atoms with van der Waals surface area (Å²) in [5.74, 6) is -0.482. The predicted octanol–water partition coefficient (Wildman–Crippen LogP) is 20.9. The number of esters is 2. The van der Waals surface area contributed by atoms with Gasteiger partial charge in [0, 0.05) is 19.4 Å². The zero-order chi connectivity index (χ0) is 52.0. The van der Waals surface area contributed by atoms with Crippen LogP contribution in [0.15, 0.2) is 122 Å². The van der Waals surface area contributed by atoms with Crippen LogP contribution in [0.25, 0.3) is 0 Å². The summed E-state index contributed by atoms with van der Waals surface area (Å²) in [4.78, 5) is 25.6. The van der Waals surface area contributed by atoms with E-state index in [4.69, 9.17) is 14.2 Å². The van der Waals surface area contributed by atoms with Gasteiger partial charge in [-0.05, 0) is 122 Å². The van der Waals surface area contributed by atoms with E-state index in [-0.39, 0.29) is 25.2 Å². The minimum atomic E-state index is -0.582. The number of rotatable bonds is 54. The molecule has 1 atom stereocenters.